The second-order valence-electron chi connectivity index (χ2n) is 5.35. The molecule has 1 aliphatic rings. The summed E-state index contributed by atoms with van der Waals surface area (Å²) < 4.78 is 5.65. The van der Waals surface area contributed by atoms with Crippen molar-refractivity contribution >= 4 is 0 Å². The van der Waals surface area contributed by atoms with E-state index in [1.165, 1.54) is 18.4 Å². The van der Waals surface area contributed by atoms with E-state index in [0.717, 1.165) is 12.3 Å². The van der Waals surface area contributed by atoms with Crippen LogP contribution in [0.4, 0.5) is 0 Å². The molecule has 18 heavy (non-hydrogen) atoms. The molecule has 1 unspecified atom stereocenters. The lowest BCUT2D eigenvalue weighted by Gasteiger charge is -2.13. The minimum Gasteiger partial charge on any atom is -0.491 e. The number of benzene rings is 1. The molecule has 2 N–H and O–H groups in total. The third-order valence-electron chi connectivity index (χ3n) is 3.12. The summed E-state index contributed by atoms with van der Waals surface area (Å²) in [6.45, 7) is 5.51. The molecule has 0 spiro atoms. The highest BCUT2D eigenvalue weighted by Gasteiger charge is 2.28. The van der Waals surface area contributed by atoms with Gasteiger partial charge in [0.2, 0.25) is 0 Å². The van der Waals surface area contributed by atoms with Crippen LogP contribution in [0, 0.1) is 5.92 Å². The van der Waals surface area contributed by atoms with Gasteiger partial charge in [0.25, 0.3) is 0 Å². The first kappa shape index (κ1) is 13.4. The molecule has 1 atom stereocenters. The lowest BCUT2D eigenvalue weighted by atomic mass is 10.2. The zero-order chi connectivity index (χ0) is 13.0. The molecule has 1 aliphatic carbocycles. The molecule has 3 nitrogen and oxygen atoms in total. The van der Waals surface area contributed by atoms with Crippen LogP contribution in [0.3, 0.4) is 0 Å². The Morgan fingerprint density at radius 1 is 1.39 bits per heavy atom. The Hall–Kier alpha value is -1.06. The predicted octanol–water partition coefficient (Wildman–Crippen LogP) is 2.33. The van der Waals surface area contributed by atoms with Crippen LogP contribution in [-0.2, 0) is 6.54 Å². The topological polar surface area (TPSA) is 41.5 Å². The number of ether oxygens (including phenoxy) is 1. The molecule has 100 valence electrons. The van der Waals surface area contributed by atoms with Crippen molar-refractivity contribution in [2.24, 2.45) is 5.92 Å². The van der Waals surface area contributed by atoms with E-state index in [9.17, 15) is 5.11 Å². The minimum absolute atomic E-state index is 0.180. The van der Waals surface area contributed by atoms with E-state index in [1.54, 1.807) is 0 Å². The Morgan fingerprint density at radius 2 is 2.17 bits per heavy atom. The van der Waals surface area contributed by atoms with Gasteiger partial charge in [-0.15, -0.1) is 0 Å². The largest absolute Gasteiger partial charge is 0.491 e. The highest BCUT2D eigenvalue weighted by molar-refractivity contribution is 5.28. The molecule has 1 fully saturated rings. The Bertz CT molecular complexity index is 375. The summed E-state index contributed by atoms with van der Waals surface area (Å²) in [5, 5.41) is 13.1. The van der Waals surface area contributed by atoms with E-state index >= 15 is 0 Å². The maximum Gasteiger partial charge on any atom is 0.120 e. The minimum atomic E-state index is -0.180. The van der Waals surface area contributed by atoms with Gasteiger partial charge in [0.15, 0.2) is 0 Å². The first-order valence-electron chi connectivity index (χ1n) is 6.79. The van der Waals surface area contributed by atoms with E-state index in [-0.39, 0.29) is 12.2 Å². The summed E-state index contributed by atoms with van der Waals surface area (Å²) >= 11 is 0. The molecule has 0 heterocycles. The van der Waals surface area contributed by atoms with Crippen molar-refractivity contribution in [3.63, 3.8) is 0 Å². The highest BCUT2D eigenvalue weighted by atomic mass is 16.5. The van der Waals surface area contributed by atoms with Gasteiger partial charge >= 0.3 is 0 Å². The lowest BCUT2D eigenvalue weighted by Crippen LogP contribution is -2.27. The Balaban J connectivity index is 1.77. The smallest absolute Gasteiger partial charge is 0.120 e. The van der Waals surface area contributed by atoms with Gasteiger partial charge in [0.05, 0.1) is 12.2 Å². The highest BCUT2D eigenvalue weighted by Crippen LogP contribution is 2.32. The summed E-state index contributed by atoms with van der Waals surface area (Å²) in [6, 6.07) is 8.11. The number of aliphatic hydroxyl groups excluding tert-OH is 1. The van der Waals surface area contributed by atoms with E-state index in [0.29, 0.717) is 12.5 Å². The summed E-state index contributed by atoms with van der Waals surface area (Å²) in [4.78, 5) is 0. The number of hydrogen-bond donors (Lipinski definition) is 2. The lowest BCUT2D eigenvalue weighted by molar-refractivity contribution is 0.148. The van der Waals surface area contributed by atoms with Gasteiger partial charge in [-0.05, 0) is 50.3 Å². The van der Waals surface area contributed by atoms with Crippen LogP contribution in [0.5, 0.6) is 5.75 Å². The van der Waals surface area contributed by atoms with Crippen molar-refractivity contribution in [1.82, 2.24) is 5.32 Å². The maximum absolute atomic E-state index is 9.75. The molecule has 0 aromatic heterocycles. The van der Waals surface area contributed by atoms with Crippen molar-refractivity contribution < 1.29 is 9.84 Å². The molecular formula is C15H23NO2. The van der Waals surface area contributed by atoms with Gasteiger partial charge in [0, 0.05) is 13.1 Å². The fourth-order valence-electron chi connectivity index (χ4n) is 2.01. The second-order valence-corrected chi connectivity index (χ2v) is 5.35. The summed E-state index contributed by atoms with van der Waals surface area (Å²) in [7, 11) is 0. The van der Waals surface area contributed by atoms with E-state index < -0.39 is 0 Å². The molecule has 1 aromatic rings. The molecular weight excluding hydrogens is 226 g/mol. The van der Waals surface area contributed by atoms with Crippen molar-refractivity contribution in [1.29, 1.82) is 0 Å². The van der Waals surface area contributed by atoms with Crippen LogP contribution in [0.2, 0.25) is 0 Å². The maximum atomic E-state index is 9.75. The zero-order valence-electron chi connectivity index (χ0n) is 11.2. The van der Waals surface area contributed by atoms with Gasteiger partial charge in [-0.2, -0.15) is 0 Å². The Morgan fingerprint density at radius 3 is 2.83 bits per heavy atom. The molecule has 1 saturated carbocycles. The van der Waals surface area contributed by atoms with E-state index in [2.05, 4.69) is 17.4 Å². The second kappa shape index (κ2) is 6.21. The average molecular weight is 249 g/mol. The third-order valence-corrected chi connectivity index (χ3v) is 3.12. The van der Waals surface area contributed by atoms with Crippen LogP contribution >= 0.6 is 0 Å². The molecule has 1 aromatic carbocycles. The Labute approximate surface area is 109 Å². The monoisotopic (exact) mass is 249 g/mol. The molecule has 0 saturated heterocycles. The summed E-state index contributed by atoms with van der Waals surface area (Å²) in [6.07, 6.45) is 2.38. The number of aliphatic hydroxyl groups is 1. The number of hydrogen-bond acceptors (Lipinski definition) is 3. The fourth-order valence-corrected chi connectivity index (χ4v) is 2.01. The van der Waals surface area contributed by atoms with Crippen molar-refractivity contribution in [2.45, 2.75) is 45.4 Å². The van der Waals surface area contributed by atoms with E-state index in [1.807, 2.05) is 26.0 Å². The van der Waals surface area contributed by atoms with Crippen LogP contribution in [-0.4, -0.2) is 23.9 Å². The van der Waals surface area contributed by atoms with Crippen molar-refractivity contribution in [3.8, 4) is 5.75 Å². The number of nitrogens with one attached hydrogen (secondary N) is 1. The van der Waals surface area contributed by atoms with Gasteiger partial charge in [-0.3, -0.25) is 0 Å². The van der Waals surface area contributed by atoms with Crippen LogP contribution in [0.1, 0.15) is 32.3 Å². The average Bonchev–Trinajstić information content (AvgIpc) is 3.12. The third kappa shape index (κ3) is 4.31. The number of rotatable bonds is 7. The normalized spacial score (nSPS) is 16.9. The van der Waals surface area contributed by atoms with Gasteiger partial charge in [-0.25, -0.2) is 0 Å². The van der Waals surface area contributed by atoms with Gasteiger partial charge in [-0.1, -0.05) is 12.1 Å². The van der Waals surface area contributed by atoms with Crippen LogP contribution < -0.4 is 10.1 Å². The first-order chi connectivity index (χ1) is 8.65. The van der Waals surface area contributed by atoms with Gasteiger partial charge in [0.1, 0.15) is 5.75 Å². The Kier molecular flexibility index (Phi) is 4.61. The van der Waals surface area contributed by atoms with Crippen LogP contribution in [0.15, 0.2) is 24.3 Å². The van der Waals surface area contributed by atoms with Crippen molar-refractivity contribution in [3.05, 3.63) is 29.8 Å². The fraction of sp³-hybridized carbons (Fsp3) is 0.600. The van der Waals surface area contributed by atoms with Crippen LogP contribution in [0.25, 0.3) is 0 Å². The standard InChI is InChI=1S/C15H23NO2/c1-11(2)18-14-5-3-4-12(8-14)9-16-10-15(17)13-6-7-13/h3-5,8,11,13,15-17H,6-7,9-10H2,1-2H3. The molecule has 0 amide bonds. The predicted molar refractivity (Wildman–Crippen MR) is 72.6 cm³/mol. The molecule has 2 rings (SSSR count). The summed E-state index contributed by atoms with van der Waals surface area (Å²) in [5.74, 6) is 1.44. The quantitative estimate of drug-likeness (QED) is 0.779. The van der Waals surface area contributed by atoms with E-state index in [4.69, 9.17) is 4.74 Å². The SMILES string of the molecule is CC(C)Oc1cccc(CNCC(O)C2CC2)c1. The molecule has 0 aliphatic heterocycles. The van der Waals surface area contributed by atoms with Gasteiger partial charge < -0.3 is 15.2 Å². The summed E-state index contributed by atoms with van der Waals surface area (Å²) in [5.41, 5.74) is 1.19. The molecule has 0 radical (unpaired) electrons. The molecule has 3 heteroatoms. The first-order valence-corrected chi connectivity index (χ1v) is 6.79. The molecule has 0 bridgehead atoms. The zero-order valence-corrected chi connectivity index (χ0v) is 11.2. The van der Waals surface area contributed by atoms with Crippen molar-refractivity contribution in [2.75, 3.05) is 6.54 Å².